The molecule has 2 unspecified atom stereocenters. The monoisotopic (exact) mass is 594 g/mol. The molecule has 1 aliphatic rings. The maximum atomic E-state index is 14.0. The lowest BCUT2D eigenvalue weighted by molar-refractivity contribution is -0.131. The van der Waals surface area contributed by atoms with E-state index in [2.05, 4.69) is 16.0 Å². The summed E-state index contributed by atoms with van der Waals surface area (Å²) in [5.41, 5.74) is 3.10. The summed E-state index contributed by atoms with van der Waals surface area (Å²) in [6.45, 7) is 8.16. The summed E-state index contributed by atoms with van der Waals surface area (Å²) in [6.07, 6.45) is -1.74. The van der Waals surface area contributed by atoms with Gasteiger partial charge in [-0.1, -0.05) is 74.8 Å². The van der Waals surface area contributed by atoms with Crippen molar-refractivity contribution in [2.45, 2.75) is 53.0 Å². The lowest BCUT2D eigenvalue weighted by atomic mass is 9.94. The van der Waals surface area contributed by atoms with E-state index in [4.69, 9.17) is 16.3 Å². The standard InChI is InChI=1S/C32H36ClFN4O4/c1-20(39)35-16-21-8-7-10-22(14-21)29-25-15-24(33)12-13-27(25)38(19-32(2,3)4)30(40)28(42-29)18-37-31(41)36-17-23-9-5-6-11-26(23)34/h5-15,28-29H,16-19H2,1-4H3,(H,35,39)(H2,36,37,41). The molecule has 0 saturated heterocycles. The molecule has 0 aromatic heterocycles. The number of halogens is 2. The molecule has 42 heavy (non-hydrogen) atoms. The number of fused-ring (bicyclic) bond motifs is 1. The van der Waals surface area contributed by atoms with Crippen LogP contribution in [0.1, 0.15) is 56.1 Å². The quantitative estimate of drug-likeness (QED) is 0.321. The molecule has 3 N–H and O–H groups in total. The van der Waals surface area contributed by atoms with Crippen LogP contribution in [0.4, 0.5) is 14.9 Å². The second-order valence-corrected chi connectivity index (χ2v) is 11.9. The number of hydrogen-bond donors (Lipinski definition) is 3. The topological polar surface area (TPSA) is 99.8 Å². The fourth-order valence-corrected chi connectivity index (χ4v) is 4.94. The van der Waals surface area contributed by atoms with E-state index in [1.807, 2.05) is 51.1 Å². The summed E-state index contributed by atoms with van der Waals surface area (Å²) in [6, 6.07) is 18.5. The van der Waals surface area contributed by atoms with Crippen molar-refractivity contribution < 1.29 is 23.5 Å². The molecule has 0 aliphatic carbocycles. The molecule has 10 heteroatoms. The van der Waals surface area contributed by atoms with Crippen LogP contribution in [0, 0.1) is 11.2 Å². The Labute approximate surface area is 250 Å². The number of urea groups is 1. The van der Waals surface area contributed by atoms with Crippen molar-refractivity contribution in [2.24, 2.45) is 5.41 Å². The van der Waals surface area contributed by atoms with Gasteiger partial charge in [0.25, 0.3) is 5.91 Å². The van der Waals surface area contributed by atoms with Crippen molar-refractivity contribution in [2.75, 3.05) is 18.0 Å². The van der Waals surface area contributed by atoms with Crippen LogP contribution in [0.15, 0.2) is 66.7 Å². The van der Waals surface area contributed by atoms with Crippen LogP contribution < -0.4 is 20.9 Å². The summed E-state index contributed by atoms with van der Waals surface area (Å²) >= 11 is 6.45. The maximum Gasteiger partial charge on any atom is 0.315 e. The number of hydrogen-bond acceptors (Lipinski definition) is 4. The van der Waals surface area contributed by atoms with Crippen molar-refractivity contribution in [3.05, 3.63) is 99.8 Å². The number of nitrogens with one attached hydrogen (secondary N) is 3. The van der Waals surface area contributed by atoms with E-state index in [9.17, 15) is 18.8 Å². The average molecular weight is 595 g/mol. The molecule has 0 radical (unpaired) electrons. The van der Waals surface area contributed by atoms with Crippen LogP contribution in [0.3, 0.4) is 0 Å². The zero-order valence-corrected chi connectivity index (χ0v) is 24.9. The fraction of sp³-hybridized carbons (Fsp3) is 0.344. The number of anilines is 1. The molecule has 1 heterocycles. The van der Waals surface area contributed by atoms with Crippen LogP contribution in [0.2, 0.25) is 5.02 Å². The summed E-state index contributed by atoms with van der Waals surface area (Å²) in [5.74, 6) is -0.871. The van der Waals surface area contributed by atoms with E-state index >= 15 is 0 Å². The van der Waals surface area contributed by atoms with Crippen molar-refractivity contribution in [1.82, 2.24) is 16.0 Å². The van der Waals surface area contributed by atoms with Gasteiger partial charge in [0.05, 0.1) is 6.54 Å². The number of rotatable bonds is 8. The predicted molar refractivity (Wildman–Crippen MR) is 161 cm³/mol. The number of ether oxygens (including phenoxy) is 1. The van der Waals surface area contributed by atoms with E-state index < -0.39 is 24.1 Å². The minimum absolute atomic E-state index is 0.0121. The van der Waals surface area contributed by atoms with Crippen molar-refractivity contribution in [1.29, 1.82) is 0 Å². The van der Waals surface area contributed by atoms with Crippen molar-refractivity contribution >= 4 is 35.1 Å². The number of nitrogens with zero attached hydrogens (tertiary/aromatic N) is 1. The second-order valence-electron chi connectivity index (χ2n) is 11.5. The molecule has 4 rings (SSSR count). The Morgan fingerprint density at radius 2 is 1.74 bits per heavy atom. The van der Waals surface area contributed by atoms with Crippen LogP contribution in [0.25, 0.3) is 0 Å². The van der Waals surface area contributed by atoms with Crippen LogP contribution in [0.5, 0.6) is 0 Å². The molecule has 0 bridgehead atoms. The molecule has 0 spiro atoms. The third-order valence-corrected chi connectivity index (χ3v) is 6.91. The Kier molecular flexibility index (Phi) is 9.85. The zero-order chi connectivity index (χ0) is 30.4. The highest BCUT2D eigenvalue weighted by molar-refractivity contribution is 6.30. The smallest absolute Gasteiger partial charge is 0.315 e. The number of carbonyl (C=O) groups is 3. The van der Waals surface area contributed by atoms with Gasteiger partial charge in [-0.2, -0.15) is 0 Å². The highest BCUT2D eigenvalue weighted by atomic mass is 35.5. The maximum absolute atomic E-state index is 14.0. The first-order valence-electron chi connectivity index (χ1n) is 13.8. The van der Waals surface area contributed by atoms with Gasteiger partial charge in [-0.25, -0.2) is 9.18 Å². The van der Waals surface area contributed by atoms with Gasteiger partial charge in [0.2, 0.25) is 5.91 Å². The third-order valence-electron chi connectivity index (χ3n) is 6.68. The number of benzene rings is 3. The Morgan fingerprint density at radius 1 is 0.976 bits per heavy atom. The molecule has 222 valence electrons. The van der Waals surface area contributed by atoms with Gasteiger partial charge < -0.3 is 25.6 Å². The largest absolute Gasteiger partial charge is 0.354 e. The fourth-order valence-electron chi connectivity index (χ4n) is 4.76. The number of carbonyl (C=O) groups excluding carboxylic acids is 3. The van der Waals surface area contributed by atoms with E-state index in [-0.39, 0.29) is 30.3 Å². The Hall–Kier alpha value is -3.95. The summed E-state index contributed by atoms with van der Waals surface area (Å²) in [7, 11) is 0. The van der Waals surface area contributed by atoms with Crippen molar-refractivity contribution in [3.63, 3.8) is 0 Å². The van der Waals surface area contributed by atoms with Gasteiger partial charge >= 0.3 is 6.03 Å². The summed E-state index contributed by atoms with van der Waals surface area (Å²) < 4.78 is 20.5. The van der Waals surface area contributed by atoms with E-state index in [0.29, 0.717) is 34.9 Å². The molecule has 3 aromatic carbocycles. The molecular weight excluding hydrogens is 559 g/mol. The van der Waals surface area contributed by atoms with Gasteiger partial charge in [0.15, 0.2) is 6.10 Å². The van der Waals surface area contributed by atoms with Gasteiger partial charge in [0.1, 0.15) is 11.9 Å². The van der Waals surface area contributed by atoms with E-state index in [1.165, 1.54) is 13.0 Å². The minimum atomic E-state index is -1.04. The van der Waals surface area contributed by atoms with Gasteiger partial charge in [-0.15, -0.1) is 0 Å². The SMILES string of the molecule is CC(=O)NCc1cccc(C2OC(CNC(=O)NCc3ccccc3F)C(=O)N(CC(C)(C)C)c3ccc(Cl)cc32)c1. The van der Waals surface area contributed by atoms with Gasteiger partial charge in [-0.3, -0.25) is 9.59 Å². The summed E-state index contributed by atoms with van der Waals surface area (Å²) in [5, 5.41) is 8.64. The molecule has 0 fully saturated rings. The lowest BCUT2D eigenvalue weighted by Gasteiger charge is -2.31. The third kappa shape index (κ3) is 8.08. The minimum Gasteiger partial charge on any atom is -0.354 e. The van der Waals surface area contributed by atoms with Crippen LogP contribution in [-0.4, -0.2) is 37.0 Å². The molecule has 1 aliphatic heterocycles. The zero-order valence-electron chi connectivity index (χ0n) is 24.2. The van der Waals surface area contributed by atoms with Gasteiger partial charge in [-0.05, 0) is 40.8 Å². The molecule has 4 amide bonds. The first-order chi connectivity index (χ1) is 19.9. The Morgan fingerprint density at radius 3 is 2.45 bits per heavy atom. The van der Waals surface area contributed by atoms with Gasteiger partial charge in [0, 0.05) is 48.4 Å². The second kappa shape index (κ2) is 13.4. The molecule has 2 atom stereocenters. The van der Waals surface area contributed by atoms with E-state index in [0.717, 1.165) is 11.1 Å². The lowest BCUT2D eigenvalue weighted by Crippen LogP contribution is -2.49. The normalized spacial score (nSPS) is 16.8. The molecule has 3 aromatic rings. The molecule has 0 saturated carbocycles. The first kappa shape index (κ1) is 31.0. The summed E-state index contributed by atoms with van der Waals surface area (Å²) in [4.78, 5) is 39.9. The number of amides is 4. The highest BCUT2D eigenvalue weighted by Crippen LogP contribution is 2.40. The predicted octanol–water partition coefficient (Wildman–Crippen LogP) is 5.48. The highest BCUT2D eigenvalue weighted by Gasteiger charge is 2.38. The molecule has 8 nitrogen and oxygen atoms in total. The van der Waals surface area contributed by atoms with Crippen molar-refractivity contribution in [3.8, 4) is 0 Å². The average Bonchev–Trinajstić information content (AvgIpc) is 3.04. The first-order valence-corrected chi connectivity index (χ1v) is 14.1. The Balaban J connectivity index is 1.64. The van der Waals surface area contributed by atoms with Crippen LogP contribution >= 0.6 is 11.6 Å². The molecular formula is C32H36ClFN4O4. The van der Waals surface area contributed by atoms with Crippen LogP contribution in [-0.2, 0) is 27.4 Å². The van der Waals surface area contributed by atoms with E-state index in [1.54, 1.807) is 35.2 Å². The Bertz CT molecular complexity index is 1460.